The fourth-order valence-electron chi connectivity index (χ4n) is 2.44. The Morgan fingerprint density at radius 3 is 2.70 bits per heavy atom. The SMILES string of the molecule is CN(Cc1ccc(Br)s1)C(=O)Nc1cnn(-c2ccccc2S(C)(=O)=O)c1. The molecule has 2 aromatic heterocycles. The Balaban J connectivity index is 1.74. The molecule has 0 bridgehead atoms. The van der Waals surface area contributed by atoms with Gasteiger partial charge in [0.1, 0.15) is 0 Å². The van der Waals surface area contributed by atoms with Crippen molar-refractivity contribution in [1.29, 1.82) is 0 Å². The molecule has 2 heterocycles. The van der Waals surface area contributed by atoms with Gasteiger partial charge < -0.3 is 10.2 Å². The molecule has 0 spiro atoms. The smallest absolute Gasteiger partial charge is 0.322 e. The van der Waals surface area contributed by atoms with E-state index in [-0.39, 0.29) is 10.9 Å². The van der Waals surface area contributed by atoms with E-state index >= 15 is 0 Å². The van der Waals surface area contributed by atoms with Crippen LogP contribution in [0.15, 0.2) is 57.5 Å². The summed E-state index contributed by atoms with van der Waals surface area (Å²) in [6, 6.07) is 10.2. The lowest BCUT2D eigenvalue weighted by molar-refractivity contribution is 0.221. The number of para-hydroxylation sites is 1. The molecule has 0 saturated heterocycles. The van der Waals surface area contributed by atoms with Crippen molar-refractivity contribution in [2.24, 2.45) is 0 Å². The lowest BCUT2D eigenvalue weighted by Crippen LogP contribution is -2.30. The number of rotatable bonds is 5. The molecule has 27 heavy (non-hydrogen) atoms. The molecule has 0 radical (unpaired) electrons. The van der Waals surface area contributed by atoms with Gasteiger partial charge in [-0.15, -0.1) is 11.3 Å². The first-order valence-electron chi connectivity index (χ1n) is 7.84. The minimum atomic E-state index is -3.40. The molecular weight excluding hydrogens is 452 g/mol. The second-order valence-electron chi connectivity index (χ2n) is 5.91. The van der Waals surface area contributed by atoms with E-state index in [9.17, 15) is 13.2 Å². The molecule has 10 heteroatoms. The Kier molecular flexibility index (Phi) is 5.68. The van der Waals surface area contributed by atoms with E-state index in [1.165, 1.54) is 16.9 Å². The number of hydrogen-bond acceptors (Lipinski definition) is 5. The minimum absolute atomic E-state index is 0.173. The normalized spacial score (nSPS) is 11.4. The van der Waals surface area contributed by atoms with Gasteiger partial charge in [-0.25, -0.2) is 17.9 Å². The predicted molar refractivity (Wildman–Crippen MR) is 109 cm³/mol. The largest absolute Gasteiger partial charge is 0.322 e. The third kappa shape index (κ3) is 4.76. The zero-order valence-electron chi connectivity index (χ0n) is 14.6. The van der Waals surface area contributed by atoms with Crippen molar-refractivity contribution >= 4 is 48.8 Å². The molecule has 0 unspecified atom stereocenters. The Hall–Kier alpha value is -2.17. The number of thiophene rings is 1. The summed E-state index contributed by atoms with van der Waals surface area (Å²) in [4.78, 5) is 15.2. The van der Waals surface area contributed by atoms with Crippen LogP contribution in [0.4, 0.5) is 10.5 Å². The molecule has 0 atom stereocenters. The second kappa shape index (κ2) is 7.83. The van der Waals surface area contributed by atoms with Gasteiger partial charge in [0.05, 0.1) is 39.0 Å². The number of nitrogens with zero attached hydrogens (tertiary/aromatic N) is 3. The quantitative estimate of drug-likeness (QED) is 0.617. The highest BCUT2D eigenvalue weighted by molar-refractivity contribution is 9.11. The molecule has 0 aliphatic heterocycles. The Bertz CT molecular complexity index is 1080. The van der Waals surface area contributed by atoms with E-state index in [0.717, 1.165) is 14.9 Å². The summed E-state index contributed by atoms with van der Waals surface area (Å²) in [5.74, 6) is 0. The van der Waals surface area contributed by atoms with Crippen molar-refractivity contribution in [3.05, 3.63) is 57.5 Å². The first-order valence-corrected chi connectivity index (χ1v) is 11.3. The van der Waals surface area contributed by atoms with Crippen molar-refractivity contribution in [3.8, 4) is 5.69 Å². The van der Waals surface area contributed by atoms with E-state index in [1.54, 1.807) is 47.7 Å². The molecule has 0 saturated carbocycles. The summed E-state index contributed by atoms with van der Waals surface area (Å²) in [5.41, 5.74) is 0.903. The van der Waals surface area contributed by atoms with Crippen LogP contribution in [0.5, 0.6) is 0 Å². The van der Waals surface area contributed by atoms with Crippen LogP contribution >= 0.6 is 27.3 Å². The number of amides is 2. The number of halogens is 1. The number of carbonyl (C=O) groups excluding carboxylic acids is 1. The molecule has 142 valence electrons. The molecule has 0 aliphatic rings. The fraction of sp³-hybridized carbons (Fsp3) is 0.176. The van der Waals surface area contributed by atoms with Crippen LogP contribution in [0, 0.1) is 0 Å². The zero-order valence-corrected chi connectivity index (χ0v) is 17.8. The van der Waals surface area contributed by atoms with Crippen molar-refractivity contribution in [2.75, 3.05) is 18.6 Å². The predicted octanol–water partition coefficient (Wildman–Crippen LogP) is 3.76. The number of aromatic nitrogens is 2. The first-order chi connectivity index (χ1) is 12.7. The number of hydrogen-bond donors (Lipinski definition) is 1. The van der Waals surface area contributed by atoms with Gasteiger partial charge in [-0.2, -0.15) is 5.10 Å². The summed E-state index contributed by atoms with van der Waals surface area (Å²) in [6.45, 7) is 0.479. The van der Waals surface area contributed by atoms with Crippen LogP contribution in [-0.2, 0) is 16.4 Å². The van der Waals surface area contributed by atoms with Gasteiger partial charge in [0.15, 0.2) is 9.84 Å². The number of urea groups is 1. The number of nitrogens with one attached hydrogen (secondary N) is 1. The van der Waals surface area contributed by atoms with Crippen LogP contribution in [0.25, 0.3) is 5.69 Å². The van der Waals surface area contributed by atoms with Crippen LogP contribution < -0.4 is 5.32 Å². The third-order valence-electron chi connectivity index (χ3n) is 3.71. The third-order valence-corrected chi connectivity index (χ3v) is 6.47. The Labute approximate surface area is 169 Å². The highest BCUT2D eigenvalue weighted by Crippen LogP contribution is 2.23. The standard InChI is InChI=1S/C17H17BrN4O3S2/c1-21(11-13-7-8-16(18)26-13)17(23)20-12-9-19-22(10-12)14-5-3-4-6-15(14)27(2,24)25/h3-10H,11H2,1-2H3,(H,20,23). The second-order valence-corrected chi connectivity index (χ2v) is 10.4. The van der Waals surface area contributed by atoms with Gasteiger partial charge in [-0.3, -0.25) is 0 Å². The fourth-order valence-corrected chi connectivity index (χ4v) is 4.84. The van der Waals surface area contributed by atoms with Gasteiger partial charge in [0.2, 0.25) is 0 Å². The first kappa shape index (κ1) is 19.6. The van der Waals surface area contributed by atoms with Crippen LogP contribution in [0.3, 0.4) is 0 Å². The monoisotopic (exact) mass is 468 g/mol. The van der Waals surface area contributed by atoms with Crippen molar-refractivity contribution in [2.45, 2.75) is 11.4 Å². The molecule has 2 amide bonds. The Morgan fingerprint density at radius 1 is 1.30 bits per heavy atom. The average molecular weight is 469 g/mol. The van der Waals surface area contributed by atoms with E-state index in [2.05, 4.69) is 26.3 Å². The lowest BCUT2D eigenvalue weighted by Gasteiger charge is -2.16. The molecule has 1 aromatic carbocycles. The van der Waals surface area contributed by atoms with Gasteiger partial charge in [0.25, 0.3) is 0 Å². The molecule has 0 fully saturated rings. The maximum atomic E-state index is 12.4. The number of benzene rings is 1. The molecule has 3 aromatic rings. The summed E-state index contributed by atoms with van der Waals surface area (Å²) in [7, 11) is -1.70. The lowest BCUT2D eigenvalue weighted by atomic mass is 10.3. The highest BCUT2D eigenvalue weighted by atomic mass is 79.9. The van der Waals surface area contributed by atoms with Crippen molar-refractivity contribution in [1.82, 2.24) is 14.7 Å². The van der Waals surface area contributed by atoms with E-state index in [0.29, 0.717) is 17.9 Å². The van der Waals surface area contributed by atoms with E-state index in [4.69, 9.17) is 0 Å². The summed E-state index contributed by atoms with van der Waals surface area (Å²) < 4.78 is 26.4. The molecule has 0 aliphatic carbocycles. The molecule has 7 nitrogen and oxygen atoms in total. The average Bonchev–Trinajstić information content (AvgIpc) is 3.23. The van der Waals surface area contributed by atoms with E-state index in [1.807, 2.05) is 12.1 Å². The molecule has 3 rings (SSSR count). The number of anilines is 1. The molecule has 1 N–H and O–H groups in total. The summed E-state index contributed by atoms with van der Waals surface area (Å²) in [5, 5.41) is 6.94. The topological polar surface area (TPSA) is 84.3 Å². The van der Waals surface area contributed by atoms with Gasteiger partial charge in [-0.05, 0) is 40.2 Å². The maximum absolute atomic E-state index is 12.4. The van der Waals surface area contributed by atoms with Crippen molar-refractivity contribution in [3.63, 3.8) is 0 Å². The van der Waals surface area contributed by atoms with Crippen LogP contribution in [-0.4, -0.2) is 42.4 Å². The van der Waals surface area contributed by atoms with Crippen LogP contribution in [0.2, 0.25) is 0 Å². The van der Waals surface area contributed by atoms with Gasteiger partial charge in [0, 0.05) is 18.2 Å². The number of sulfone groups is 1. The maximum Gasteiger partial charge on any atom is 0.322 e. The highest BCUT2D eigenvalue weighted by Gasteiger charge is 2.16. The summed E-state index contributed by atoms with van der Waals surface area (Å²) >= 11 is 4.97. The van der Waals surface area contributed by atoms with Gasteiger partial charge in [-0.1, -0.05) is 12.1 Å². The Morgan fingerprint density at radius 2 is 2.04 bits per heavy atom. The minimum Gasteiger partial charge on any atom is -0.322 e. The van der Waals surface area contributed by atoms with Crippen LogP contribution in [0.1, 0.15) is 4.88 Å². The number of carbonyl (C=O) groups is 1. The van der Waals surface area contributed by atoms with Gasteiger partial charge >= 0.3 is 6.03 Å². The molecular formula is C17H17BrN4O3S2. The van der Waals surface area contributed by atoms with E-state index < -0.39 is 9.84 Å². The van der Waals surface area contributed by atoms with Crippen molar-refractivity contribution < 1.29 is 13.2 Å². The summed E-state index contributed by atoms with van der Waals surface area (Å²) in [6.07, 6.45) is 4.21. The zero-order chi connectivity index (χ0) is 19.6.